The lowest BCUT2D eigenvalue weighted by atomic mass is 9.62. The van der Waals surface area contributed by atoms with Crippen molar-refractivity contribution in [3.8, 4) is 0 Å². The van der Waals surface area contributed by atoms with Gasteiger partial charge in [0.05, 0.1) is 0 Å². The molecule has 0 amide bonds. The second-order valence-electron chi connectivity index (χ2n) is 7.06. The van der Waals surface area contributed by atoms with Crippen LogP contribution in [0.4, 0.5) is 0 Å². The highest BCUT2D eigenvalue weighted by atomic mass is 16.1. The van der Waals surface area contributed by atoms with E-state index in [2.05, 4.69) is 26.5 Å². The van der Waals surface area contributed by atoms with Crippen LogP contribution < -0.4 is 0 Å². The smallest absolute Gasteiger partial charge is 0.137 e. The average Bonchev–Trinajstić information content (AvgIpc) is 2.92. The zero-order chi connectivity index (χ0) is 13.0. The number of hydrogen-bond acceptors (Lipinski definition) is 1. The molecule has 3 aliphatic rings. The van der Waals surface area contributed by atoms with Crippen LogP contribution in [-0.4, -0.2) is 5.78 Å². The highest BCUT2D eigenvalue weighted by Gasteiger charge is 2.57. The predicted molar refractivity (Wildman–Crippen MR) is 74.3 cm³/mol. The van der Waals surface area contributed by atoms with Gasteiger partial charge < -0.3 is 0 Å². The number of ketones is 1. The van der Waals surface area contributed by atoms with Crippen LogP contribution in [-0.2, 0) is 4.79 Å². The first-order valence-corrected chi connectivity index (χ1v) is 7.36. The topological polar surface area (TPSA) is 17.1 Å². The van der Waals surface area contributed by atoms with Gasteiger partial charge in [-0.05, 0) is 56.3 Å². The quantitative estimate of drug-likeness (QED) is 0.671. The molecule has 1 heteroatoms. The summed E-state index contributed by atoms with van der Waals surface area (Å²) < 4.78 is 0. The van der Waals surface area contributed by atoms with Crippen molar-refractivity contribution in [3.63, 3.8) is 0 Å². The van der Waals surface area contributed by atoms with Crippen molar-refractivity contribution in [2.75, 3.05) is 0 Å². The molecule has 2 atom stereocenters. The number of fused-ring (bicyclic) bond motifs is 1. The first-order chi connectivity index (χ1) is 8.48. The molecule has 0 aliphatic heterocycles. The van der Waals surface area contributed by atoms with Crippen molar-refractivity contribution in [2.45, 2.75) is 58.8 Å². The Bertz CT molecular complexity index is 439. The maximum atomic E-state index is 12.1. The number of carbonyl (C=O) groups is 1. The molecule has 3 aliphatic carbocycles. The third-order valence-electron chi connectivity index (χ3n) is 5.52. The first kappa shape index (κ1) is 12.2. The van der Waals surface area contributed by atoms with Crippen molar-refractivity contribution in [1.82, 2.24) is 0 Å². The number of Topliss-reactive ketones (excluding diaryl/α,β-unsaturated/α-hetero) is 1. The molecule has 2 fully saturated rings. The van der Waals surface area contributed by atoms with E-state index in [1.54, 1.807) is 5.57 Å². The fraction of sp³-hybridized carbons (Fsp3) is 0.706. The Balaban J connectivity index is 1.90. The van der Waals surface area contributed by atoms with Crippen molar-refractivity contribution in [3.05, 3.63) is 23.8 Å². The van der Waals surface area contributed by atoms with E-state index in [9.17, 15) is 4.79 Å². The van der Waals surface area contributed by atoms with E-state index in [1.165, 1.54) is 24.8 Å². The Hall–Kier alpha value is -0.850. The average molecular weight is 244 g/mol. The van der Waals surface area contributed by atoms with Crippen LogP contribution >= 0.6 is 0 Å². The lowest BCUT2D eigenvalue weighted by Crippen LogP contribution is -2.37. The van der Waals surface area contributed by atoms with E-state index < -0.39 is 0 Å². The van der Waals surface area contributed by atoms with Gasteiger partial charge in [0.1, 0.15) is 5.78 Å². The van der Waals surface area contributed by atoms with Gasteiger partial charge in [-0.15, -0.1) is 6.58 Å². The molecule has 3 rings (SSSR count). The molecule has 0 heterocycles. The minimum atomic E-state index is 0.182. The molecule has 0 aromatic carbocycles. The van der Waals surface area contributed by atoms with Crippen molar-refractivity contribution >= 4 is 5.78 Å². The highest BCUT2D eigenvalue weighted by molar-refractivity contribution is 5.84. The fourth-order valence-electron chi connectivity index (χ4n) is 4.61. The Kier molecular flexibility index (Phi) is 2.59. The normalized spacial score (nSPS) is 37.1. The summed E-state index contributed by atoms with van der Waals surface area (Å²) in [6.45, 7) is 8.59. The second-order valence-corrected chi connectivity index (χ2v) is 7.06. The summed E-state index contributed by atoms with van der Waals surface area (Å²) in [6, 6.07) is 0. The molecule has 2 unspecified atom stereocenters. The van der Waals surface area contributed by atoms with Gasteiger partial charge in [-0.25, -0.2) is 0 Å². The zero-order valence-electron chi connectivity index (χ0n) is 11.7. The predicted octanol–water partition coefficient (Wildman–Crippen LogP) is 4.44. The van der Waals surface area contributed by atoms with Gasteiger partial charge in [-0.2, -0.15) is 0 Å². The van der Waals surface area contributed by atoms with Crippen LogP contribution in [0.15, 0.2) is 23.8 Å². The van der Waals surface area contributed by atoms with E-state index in [0.717, 1.165) is 25.7 Å². The molecule has 18 heavy (non-hydrogen) atoms. The molecule has 0 spiro atoms. The van der Waals surface area contributed by atoms with Crippen molar-refractivity contribution in [1.29, 1.82) is 0 Å². The number of rotatable bonds is 3. The minimum Gasteiger partial charge on any atom is -0.299 e. The highest BCUT2D eigenvalue weighted by Crippen LogP contribution is 2.66. The Morgan fingerprint density at radius 1 is 1.44 bits per heavy atom. The van der Waals surface area contributed by atoms with Crippen LogP contribution in [0.5, 0.6) is 0 Å². The van der Waals surface area contributed by atoms with Gasteiger partial charge in [0, 0.05) is 12.3 Å². The Morgan fingerprint density at radius 2 is 2.17 bits per heavy atom. The summed E-state index contributed by atoms with van der Waals surface area (Å²) in [5.74, 6) is 0.810. The van der Waals surface area contributed by atoms with Gasteiger partial charge in [0.2, 0.25) is 0 Å². The Labute approximate surface area is 110 Å². The third-order valence-corrected chi connectivity index (χ3v) is 5.52. The van der Waals surface area contributed by atoms with Gasteiger partial charge in [-0.1, -0.05) is 24.1 Å². The summed E-state index contributed by atoms with van der Waals surface area (Å²) in [5, 5.41) is 0. The van der Waals surface area contributed by atoms with E-state index in [4.69, 9.17) is 0 Å². The van der Waals surface area contributed by atoms with Crippen LogP contribution in [0, 0.1) is 16.7 Å². The van der Waals surface area contributed by atoms with Gasteiger partial charge in [0.25, 0.3) is 0 Å². The van der Waals surface area contributed by atoms with Crippen LogP contribution in [0.3, 0.4) is 0 Å². The standard InChI is InChI=1S/C17H24O/c1-12(2)11-17(9-10-17)15-7-6-13-14(18)5-4-8-16(13,15)3/h7,13H,1,4-6,8-11H2,2-3H3. The van der Waals surface area contributed by atoms with E-state index in [0.29, 0.717) is 17.1 Å². The number of allylic oxidation sites excluding steroid dienone is 3. The third kappa shape index (κ3) is 1.63. The van der Waals surface area contributed by atoms with Crippen molar-refractivity contribution in [2.24, 2.45) is 16.7 Å². The maximum absolute atomic E-state index is 12.1. The molecule has 0 aromatic rings. The SMILES string of the molecule is C=C(C)CC1(C2=CCC3C(=O)CCCC23C)CC1. The molecule has 1 nitrogen and oxygen atoms in total. The lowest BCUT2D eigenvalue weighted by Gasteiger charge is -2.41. The molecular formula is C17H24O. The molecule has 2 saturated carbocycles. The monoisotopic (exact) mass is 244 g/mol. The first-order valence-electron chi connectivity index (χ1n) is 7.36. The summed E-state index contributed by atoms with van der Waals surface area (Å²) in [6.07, 6.45) is 10.3. The lowest BCUT2D eigenvalue weighted by molar-refractivity contribution is -0.128. The second kappa shape index (κ2) is 3.82. The fourth-order valence-corrected chi connectivity index (χ4v) is 4.61. The number of hydrogen-bond donors (Lipinski definition) is 0. The van der Waals surface area contributed by atoms with E-state index >= 15 is 0 Å². The van der Waals surface area contributed by atoms with Crippen LogP contribution in [0.1, 0.15) is 58.8 Å². The molecule has 0 aromatic heterocycles. The summed E-state index contributed by atoms with van der Waals surface area (Å²) in [5.41, 5.74) is 3.49. The Morgan fingerprint density at radius 3 is 2.78 bits per heavy atom. The summed E-state index contributed by atoms with van der Waals surface area (Å²) >= 11 is 0. The van der Waals surface area contributed by atoms with Crippen molar-refractivity contribution < 1.29 is 4.79 Å². The summed E-state index contributed by atoms with van der Waals surface area (Å²) in [4.78, 5) is 12.1. The van der Waals surface area contributed by atoms with Crippen LogP contribution in [0.25, 0.3) is 0 Å². The summed E-state index contributed by atoms with van der Waals surface area (Å²) in [7, 11) is 0. The zero-order valence-corrected chi connectivity index (χ0v) is 11.7. The van der Waals surface area contributed by atoms with E-state index in [1.807, 2.05) is 0 Å². The molecular weight excluding hydrogens is 220 g/mol. The molecule has 0 N–H and O–H groups in total. The van der Waals surface area contributed by atoms with Crippen LogP contribution in [0.2, 0.25) is 0 Å². The number of carbonyl (C=O) groups excluding carboxylic acids is 1. The molecule has 0 radical (unpaired) electrons. The molecule has 0 bridgehead atoms. The largest absolute Gasteiger partial charge is 0.299 e. The van der Waals surface area contributed by atoms with Gasteiger partial charge in [0.15, 0.2) is 0 Å². The molecule has 0 saturated heterocycles. The van der Waals surface area contributed by atoms with E-state index in [-0.39, 0.29) is 5.41 Å². The molecule has 98 valence electrons. The maximum Gasteiger partial charge on any atom is 0.137 e. The van der Waals surface area contributed by atoms with Gasteiger partial charge in [-0.3, -0.25) is 4.79 Å². The minimum absolute atomic E-state index is 0.182. The van der Waals surface area contributed by atoms with Gasteiger partial charge >= 0.3 is 0 Å².